The Labute approximate surface area is 118 Å². The smallest absolute Gasteiger partial charge is 0.267 e. The van der Waals surface area contributed by atoms with Crippen LogP contribution < -0.4 is 5.56 Å². The summed E-state index contributed by atoms with van der Waals surface area (Å²) >= 11 is 11.0. The van der Waals surface area contributed by atoms with E-state index in [1.807, 2.05) is 12.1 Å². The number of hydrogen-bond donors (Lipinski definition) is 1. The van der Waals surface area contributed by atoms with Crippen molar-refractivity contribution in [3.63, 3.8) is 0 Å². The van der Waals surface area contributed by atoms with Crippen molar-refractivity contribution >= 4 is 34.7 Å². The van der Waals surface area contributed by atoms with E-state index in [0.29, 0.717) is 26.5 Å². The van der Waals surface area contributed by atoms with Gasteiger partial charge < -0.3 is 4.98 Å². The van der Waals surface area contributed by atoms with Crippen molar-refractivity contribution in [3.05, 3.63) is 62.7 Å². The molecule has 1 N–H and O–H groups in total. The second kappa shape index (κ2) is 4.60. The van der Waals surface area contributed by atoms with Gasteiger partial charge in [-0.15, -0.1) is 0 Å². The molecule has 0 saturated heterocycles. The van der Waals surface area contributed by atoms with E-state index in [9.17, 15) is 4.79 Å². The van der Waals surface area contributed by atoms with Gasteiger partial charge in [-0.1, -0.05) is 23.7 Å². The maximum absolute atomic E-state index is 12.4. The van der Waals surface area contributed by atoms with Crippen molar-refractivity contribution in [1.29, 1.82) is 0 Å². The van der Waals surface area contributed by atoms with E-state index in [4.69, 9.17) is 23.8 Å². The molecule has 0 aliphatic carbocycles. The predicted molar refractivity (Wildman–Crippen MR) is 77.5 cm³/mol. The molecule has 6 heteroatoms. The lowest BCUT2D eigenvalue weighted by atomic mass is 10.2. The molecule has 0 aliphatic heterocycles. The first-order chi connectivity index (χ1) is 9.16. The third-order valence-electron chi connectivity index (χ3n) is 2.75. The van der Waals surface area contributed by atoms with Crippen molar-refractivity contribution in [2.75, 3.05) is 0 Å². The summed E-state index contributed by atoms with van der Waals surface area (Å²) in [4.78, 5) is 19.6. The highest BCUT2D eigenvalue weighted by atomic mass is 35.5. The van der Waals surface area contributed by atoms with Crippen LogP contribution in [0.25, 0.3) is 16.7 Å². The number of para-hydroxylation sites is 1. The zero-order valence-corrected chi connectivity index (χ0v) is 11.2. The molecule has 2 aromatic heterocycles. The van der Waals surface area contributed by atoms with Gasteiger partial charge in [0, 0.05) is 6.20 Å². The molecule has 0 saturated carbocycles. The maximum atomic E-state index is 12.4. The molecule has 0 unspecified atom stereocenters. The van der Waals surface area contributed by atoms with Gasteiger partial charge in [0.15, 0.2) is 4.77 Å². The molecule has 19 heavy (non-hydrogen) atoms. The number of halogens is 1. The summed E-state index contributed by atoms with van der Waals surface area (Å²) in [5, 5.41) is 1.07. The van der Waals surface area contributed by atoms with Crippen LogP contribution >= 0.6 is 23.8 Å². The number of rotatable bonds is 1. The summed E-state index contributed by atoms with van der Waals surface area (Å²) in [6.45, 7) is 0. The van der Waals surface area contributed by atoms with Crippen LogP contribution in [0.1, 0.15) is 0 Å². The van der Waals surface area contributed by atoms with Crippen LogP contribution in [0.2, 0.25) is 5.02 Å². The molecule has 3 rings (SSSR count). The van der Waals surface area contributed by atoms with E-state index >= 15 is 0 Å². The molecular formula is C13H8ClN3OS. The number of aromatic nitrogens is 3. The first kappa shape index (κ1) is 12.1. The average Bonchev–Trinajstić information content (AvgIpc) is 2.41. The van der Waals surface area contributed by atoms with Gasteiger partial charge in [-0.2, -0.15) is 0 Å². The van der Waals surface area contributed by atoms with Gasteiger partial charge in [-0.3, -0.25) is 4.79 Å². The second-order valence-corrected chi connectivity index (χ2v) is 4.77. The molecule has 0 fully saturated rings. The standard InChI is InChI=1S/C13H8ClN3OS/c14-8-5-6-11(15-7-8)17-12(18)9-3-1-2-4-10(9)16-13(17)19/h1-7H,(H,16,19). The minimum atomic E-state index is -0.200. The highest BCUT2D eigenvalue weighted by Crippen LogP contribution is 2.11. The lowest BCUT2D eigenvalue weighted by Gasteiger charge is -2.06. The van der Waals surface area contributed by atoms with E-state index < -0.39 is 0 Å². The Hall–Kier alpha value is -1.98. The molecule has 0 amide bonds. The summed E-state index contributed by atoms with van der Waals surface area (Å²) in [6.07, 6.45) is 1.48. The number of nitrogens with zero attached hydrogens (tertiary/aromatic N) is 2. The van der Waals surface area contributed by atoms with Crippen LogP contribution in [0.4, 0.5) is 0 Å². The van der Waals surface area contributed by atoms with Crippen molar-refractivity contribution < 1.29 is 0 Å². The number of H-pyrrole nitrogens is 1. The molecule has 0 atom stereocenters. The van der Waals surface area contributed by atoms with Gasteiger partial charge in [0.1, 0.15) is 5.82 Å². The Balaban J connectivity index is 2.39. The minimum absolute atomic E-state index is 0.200. The van der Waals surface area contributed by atoms with Crippen LogP contribution in [0.5, 0.6) is 0 Å². The Kier molecular flexibility index (Phi) is 2.93. The van der Waals surface area contributed by atoms with Crippen LogP contribution in [-0.2, 0) is 0 Å². The fourth-order valence-electron chi connectivity index (χ4n) is 1.87. The molecule has 2 heterocycles. The molecular weight excluding hydrogens is 282 g/mol. The zero-order chi connectivity index (χ0) is 13.4. The normalized spacial score (nSPS) is 10.8. The third-order valence-corrected chi connectivity index (χ3v) is 3.25. The summed E-state index contributed by atoms with van der Waals surface area (Å²) in [6, 6.07) is 10.5. The monoisotopic (exact) mass is 289 g/mol. The average molecular weight is 290 g/mol. The van der Waals surface area contributed by atoms with Gasteiger partial charge in [0.2, 0.25) is 0 Å². The lowest BCUT2D eigenvalue weighted by Crippen LogP contribution is -2.21. The third kappa shape index (κ3) is 2.07. The Bertz CT molecular complexity index is 867. The minimum Gasteiger partial charge on any atom is -0.331 e. The molecule has 3 aromatic rings. The summed E-state index contributed by atoms with van der Waals surface area (Å²) in [7, 11) is 0. The SMILES string of the molecule is O=c1c2ccccc2[nH]c(=S)n1-c1ccc(Cl)cn1. The van der Waals surface area contributed by atoms with Crippen LogP contribution in [0.3, 0.4) is 0 Å². The van der Waals surface area contributed by atoms with Gasteiger partial charge >= 0.3 is 0 Å². The first-order valence-corrected chi connectivity index (χ1v) is 6.31. The van der Waals surface area contributed by atoms with Crippen molar-refractivity contribution in [2.24, 2.45) is 0 Å². The number of hydrogen-bond acceptors (Lipinski definition) is 3. The number of fused-ring (bicyclic) bond motifs is 1. The zero-order valence-electron chi connectivity index (χ0n) is 9.63. The summed E-state index contributed by atoms with van der Waals surface area (Å²) < 4.78 is 1.66. The van der Waals surface area contributed by atoms with E-state index in [0.717, 1.165) is 0 Å². The summed E-state index contributed by atoms with van der Waals surface area (Å²) in [5.74, 6) is 0.446. The number of pyridine rings is 1. The molecule has 4 nitrogen and oxygen atoms in total. The Morgan fingerprint density at radius 3 is 2.74 bits per heavy atom. The second-order valence-electron chi connectivity index (χ2n) is 3.95. The van der Waals surface area contributed by atoms with Crippen LogP contribution in [0, 0.1) is 4.77 Å². The number of benzene rings is 1. The van der Waals surface area contributed by atoms with Gasteiger partial charge in [0.25, 0.3) is 5.56 Å². The molecule has 0 aliphatic rings. The van der Waals surface area contributed by atoms with Gasteiger partial charge in [-0.25, -0.2) is 9.55 Å². The number of aromatic amines is 1. The Morgan fingerprint density at radius 2 is 2.00 bits per heavy atom. The van der Waals surface area contributed by atoms with E-state index in [2.05, 4.69) is 9.97 Å². The highest BCUT2D eigenvalue weighted by molar-refractivity contribution is 7.71. The molecule has 1 aromatic carbocycles. The lowest BCUT2D eigenvalue weighted by molar-refractivity contribution is 0.901. The van der Waals surface area contributed by atoms with E-state index in [-0.39, 0.29) is 5.56 Å². The van der Waals surface area contributed by atoms with Crippen LogP contribution in [-0.4, -0.2) is 14.5 Å². The highest BCUT2D eigenvalue weighted by Gasteiger charge is 2.07. The molecule has 0 radical (unpaired) electrons. The van der Waals surface area contributed by atoms with E-state index in [1.165, 1.54) is 10.8 Å². The molecule has 0 spiro atoms. The quantitative estimate of drug-likeness (QED) is 0.700. The largest absolute Gasteiger partial charge is 0.331 e. The number of nitrogens with one attached hydrogen (secondary N) is 1. The fourth-order valence-corrected chi connectivity index (χ4v) is 2.27. The first-order valence-electron chi connectivity index (χ1n) is 5.53. The molecule has 0 bridgehead atoms. The van der Waals surface area contributed by atoms with E-state index in [1.54, 1.807) is 24.3 Å². The Morgan fingerprint density at radius 1 is 1.21 bits per heavy atom. The van der Waals surface area contributed by atoms with Crippen molar-refractivity contribution in [2.45, 2.75) is 0 Å². The van der Waals surface area contributed by atoms with Gasteiger partial charge in [-0.05, 0) is 36.5 Å². The van der Waals surface area contributed by atoms with Crippen molar-refractivity contribution in [3.8, 4) is 5.82 Å². The predicted octanol–water partition coefficient (Wildman–Crippen LogP) is 3.10. The summed E-state index contributed by atoms with van der Waals surface area (Å²) in [5.41, 5.74) is 0.511. The topological polar surface area (TPSA) is 50.7 Å². The molecule has 94 valence electrons. The fraction of sp³-hybridized carbons (Fsp3) is 0. The maximum Gasteiger partial charge on any atom is 0.267 e. The van der Waals surface area contributed by atoms with Crippen molar-refractivity contribution in [1.82, 2.24) is 14.5 Å². The van der Waals surface area contributed by atoms with Gasteiger partial charge in [0.05, 0.1) is 15.9 Å². The van der Waals surface area contributed by atoms with Crippen LogP contribution in [0.15, 0.2) is 47.4 Å².